The van der Waals surface area contributed by atoms with Crippen LogP contribution in [-0.2, 0) is 16.1 Å². The molecule has 0 atom stereocenters. The topological polar surface area (TPSA) is 109 Å². The maximum absolute atomic E-state index is 12.9. The third kappa shape index (κ3) is 5.29. The van der Waals surface area contributed by atoms with Crippen molar-refractivity contribution < 1.29 is 9.59 Å². The van der Waals surface area contributed by atoms with Crippen molar-refractivity contribution in [2.45, 2.75) is 39.4 Å². The molecule has 3 aromatic rings. The Morgan fingerprint density at radius 3 is 2.40 bits per heavy atom. The second-order valence-electron chi connectivity index (χ2n) is 7.51. The Balaban J connectivity index is 1.73. The molecular weight excluding hydrogens is 402 g/mol. The zero-order valence-corrected chi connectivity index (χ0v) is 18.2. The summed E-state index contributed by atoms with van der Waals surface area (Å²) in [6, 6.07) is 8.70. The van der Waals surface area contributed by atoms with Crippen molar-refractivity contribution in [3.05, 3.63) is 46.4 Å². The quantitative estimate of drug-likeness (QED) is 0.396. The molecule has 1 aromatic carbocycles. The molecule has 9 heteroatoms. The van der Waals surface area contributed by atoms with Gasteiger partial charge in [0.1, 0.15) is 5.52 Å². The lowest BCUT2D eigenvalue weighted by Gasteiger charge is -2.14. The average Bonchev–Trinajstić information content (AvgIpc) is 3.04. The van der Waals surface area contributed by atoms with E-state index in [4.69, 9.17) is 0 Å². The summed E-state index contributed by atoms with van der Waals surface area (Å²) in [5.41, 5.74) is 3.12. The van der Waals surface area contributed by atoms with Crippen molar-refractivity contribution in [2.24, 2.45) is 5.92 Å². The summed E-state index contributed by atoms with van der Waals surface area (Å²) >= 11 is 1.24. The predicted octanol–water partition coefficient (Wildman–Crippen LogP) is 3.38. The van der Waals surface area contributed by atoms with Gasteiger partial charge in [0.2, 0.25) is 11.8 Å². The molecule has 0 saturated heterocycles. The molecule has 0 saturated carbocycles. The largest absolute Gasteiger partial charge is 0.353 e. The molecule has 8 nitrogen and oxygen atoms in total. The molecular formula is C21H25N5O3S. The predicted molar refractivity (Wildman–Crippen MR) is 120 cm³/mol. The molecule has 2 amide bonds. The maximum Gasteiger partial charge on any atom is 0.278 e. The number of benzene rings is 1. The number of aryl methyl sites for hydroxylation is 1. The van der Waals surface area contributed by atoms with E-state index in [1.807, 2.05) is 26.8 Å². The molecule has 0 spiro atoms. The van der Waals surface area contributed by atoms with Crippen LogP contribution in [0.5, 0.6) is 0 Å². The third-order valence-electron chi connectivity index (χ3n) is 4.21. The molecule has 0 aliphatic heterocycles. The summed E-state index contributed by atoms with van der Waals surface area (Å²) in [5, 5.41) is 6.02. The highest BCUT2D eigenvalue weighted by molar-refractivity contribution is 7.99. The Bertz CT molecular complexity index is 1130. The number of nitrogens with zero attached hydrogens (tertiary/aromatic N) is 2. The van der Waals surface area contributed by atoms with Crippen LogP contribution < -0.4 is 16.2 Å². The number of anilines is 2. The van der Waals surface area contributed by atoms with Crippen LogP contribution in [0.1, 0.15) is 26.5 Å². The highest BCUT2D eigenvalue weighted by Crippen LogP contribution is 2.20. The number of H-pyrrole nitrogens is 1. The van der Waals surface area contributed by atoms with E-state index in [-0.39, 0.29) is 29.0 Å². The molecule has 0 radical (unpaired) electrons. The van der Waals surface area contributed by atoms with Crippen molar-refractivity contribution in [3.8, 4) is 0 Å². The fourth-order valence-corrected chi connectivity index (χ4v) is 3.82. The van der Waals surface area contributed by atoms with Crippen molar-refractivity contribution in [1.82, 2.24) is 14.5 Å². The number of nitrogens with one attached hydrogen (secondary N) is 3. The lowest BCUT2D eigenvalue weighted by atomic mass is 10.2. The van der Waals surface area contributed by atoms with Crippen LogP contribution in [-0.4, -0.2) is 32.1 Å². The third-order valence-corrected chi connectivity index (χ3v) is 5.18. The zero-order chi connectivity index (χ0) is 21.8. The number of carbonyl (C=O) groups is 2. The van der Waals surface area contributed by atoms with Gasteiger partial charge in [-0.05, 0) is 43.2 Å². The molecule has 0 unspecified atom stereocenters. The van der Waals surface area contributed by atoms with E-state index in [9.17, 15) is 14.4 Å². The van der Waals surface area contributed by atoms with Crippen molar-refractivity contribution in [2.75, 3.05) is 16.4 Å². The van der Waals surface area contributed by atoms with Gasteiger partial charge >= 0.3 is 0 Å². The van der Waals surface area contributed by atoms with Gasteiger partial charge in [0.25, 0.3) is 5.56 Å². The number of aromatic amines is 1. The van der Waals surface area contributed by atoms with Crippen molar-refractivity contribution in [1.29, 1.82) is 0 Å². The molecule has 30 heavy (non-hydrogen) atoms. The Labute approximate surface area is 178 Å². The second kappa shape index (κ2) is 9.17. The van der Waals surface area contributed by atoms with Gasteiger partial charge in [0.05, 0.1) is 11.3 Å². The molecule has 3 rings (SSSR count). The zero-order valence-electron chi connectivity index (χ0n) is 17.4. The van der Waals surface area contributed by atoms with Gasteiger partial charge in [-0.1, -0.05) is 25.6 Å². The summed E-state index contributed by atoms with van der Waals surface area (Å²) in [5.74, 6) is 0.0152. The fourth-order valence-electron chi connectivity index (χ4n) is 3.01. The Morgan fingerprint density at radius 1 is 1.17 bits per heavy atom. The van der Waals surface area contributed by atoms with E-state index in [0.29, 0.717) is 34.1 Å². The Morgan fingerprint density at radius 2 is 1.80 bits per heavy atom. The first kappa shape index (κ1) is 21.6. The summed E-state index contributed by atoms with van der Waals surface area (Å²) in [6.45, 7) is 7.90. The number of hydrogen-bond acceptors (Lipinski definition) is 5. The minimum absolute atomic E-state index is 0.118. The van der Waals surface area contributed by atoms with Gasteiger partial charge in [-0.2, -0.15) is 0 Å². The number of amides is 2. The van der Waals surface area contributed by atoms with Crippen LogP contribution in [0, 0.1) is 12.8 Å². The minimum atomic E-state index is -0.206. The first-order valence-electron chi connectivity index (χ1n) is 9.63. The lowest BCUT2D eigenvalue weighted by molar-refractivity contribution is -0.114. The molecule has 2 heterocycles. The van der Waals surface area contributed by atoms with E-state index in [1.54, 1.807) is 28.8 Å². The van der Waals surface area contributed by atoms with Crippen molar-refractivity contribution >= 4 is 46.0 Å². The number of aromatic nitrogens is 3. The average molecular weight is 428 g/mol. The van der Waals surface area contributed by atoms with Gasteiger partial charge in [0.15, 0.2) is 5.16 Å². The summed E-state index contributed by atoms with van der Waals surface area (Å²) < 4.78 is 1.63. The Kier molecular flexibility index (Phi) is 6.61. The first-order valence-corrected chi connectivity index (χ1v) is 10.6. The molecule has 0 fully saturated rings. The lowest BCUT2D eigenvalue weighted by Crippen LogP contribution is -2.26. The van der Waals surface area contributed by atoms with E-state index < -0.39 is 0 Å². The van der Waals surface area contributed by atoms with Gasteiger partial charge in [0, 0.05) is 30.5 Å². The molecule has 2 aromatic heterocycles. The highest BCUT2D eigenvalue weighted by Gasteiger charge is 2.16. The number of rotatable bonds is 7. The molecule has 0 aliphatic rings. The summed E-state index contributed by atoms with van der Waals surface area (Å²) in [6.07, 6.45) is 0. The molecule has 0 aliphatic carbocycles. The molecule has 0 bridgehead atoms. The van der Waals surface area contributed by atoms with Gasteiger partial charge < -0.3 is 15.6 Å². The number of carbonyl (C=O) groups excluding carboxylic acids is 2. The van der Waals surface area contributed by atoms with E-state index in [2.05, 4.69) is 20.6 Å². The van der Waals surface area contributed by atoms with Crippen LogP contribution in [0.25, 0.3) is 11.0 Å². The van der Waals surface area contributed by atoms with E-state index in [1.165, 1.54) is 18.7 Å². The van der Waals surface area contributed by atoms with E-state index in [0.717, 1.165) is 5.69 Å². The Hall–Kier alpha value is -3.07. The minimum Gasteiger partial charge on any atom is -0.353 e. The number of fused-ring (bicyclic) bond motifs is 1. The van der Waals surface area contributed by atoms with E-state index >= 15 is 0 Å². The summed E-state index contributed by atoms with van der Waals surface area (Å²) in [4.78, 5) is 44.1. The van der Waals surface area contributed by atoms with Crippen LogP contribution in [0.3, 0.4) is 0 Å². The van der Waals surface area contributed by atoms with Gasteiger partial charge in [-0.15, -0.1) is 0 Å². The molecule has 158 valence electrons. The van der Waals surface area contributed by atoms with Crippen LogP contribution in [0.15, 0.2) is 40.3 Å². The SMILES string of the molecule is CC(=O)Nc1ccc(NC(=O)CSc2nc3cc(C)[nH]c3c(=O)n2CC(C)C)cc1. The van der Waals surface area contributed by atoms with Crippen LogP contribution >= 0.6 is 11.8 Å². The second-order valence-corrected chi connectivity index (χ2v) is 8.45. The van der Waals surface area contributed by atoms with Crippen LogP contribution in [0.4, 0.5) is 11.4 Å². The normalized spacial score (nSPS) is 11.1. The van der Waals surface area contributed by atoms with Crippen molar-refractivity contribution in [3.63, 3.8) is 0 Å². The van der Waals surface area contributed by atoms with Gasteiger partial charge in [-0.25, -0.2) is 4.98 Å². The van der Waals surface area contributed by atoms with Crippen LogP contribution in [0.2, 0.25) is 0 Å². The molecule has 3 N–H and O–H groups in total. The standard InChI is InChI=1S/C21H25N5O3S/c1-12(2)10-26-20(29)19-17(9-13(3)22-19)25-21(26)30-11-18(28)24-16-7-5-15(6-8-16)23-14(4)27/h5-9,12,22H,10-11H2,1-4H3,(H,23,27)(H,24,28). The summed E-state index contributed by atoms with van der Waals surface area (Å²) in [7, 11) is 0. The maximum atomic E-state index is 12.9. The highest BCUT2D eigenvalue weighted by atomic mass is 32.2. The monoisotopic (exact) mass is 427 g/mol. The number of thioether (sulfide) groups is 1. The smallest absolute Gasteiger partial charge is 0.278 e. The first-order chi connectivity index (χ1) is 14.2. The van der Waals surface area contributed by atoms with Gasteiger partial charge in [-0.3, -0.25) is 19.0 Å². The fraction of sp³-hybridized carbons (Fsp3) is 0.333. The number of hydrogen-bond donors (Lipinski definition) is 3.